The summed E-state index contributed by atoms with van der Waals surface area (Å²) < 4.78 is 2.46. The van der Waals surface area contributed by atoms with Gasteiger partial charge in [-0.15, -0.1) is 0 Å². The molecule has 9 heteroatoms. The summed E-state index contributed by atoms with van der Waals surface area (Å²) in [5.41, 5.74) is 3.52. The van der Waals surface area contributed by atoms with Crippen molar-refractivity contribution in [1.29, 1.82) is 0 Å². The minimum atomic E-state index is -0.628. The number of nitrogens with zero attached hydrogens (tertiary/aromatic N) is 4. The fourth-order valence-electron chi connectivity index (χ4n) is 4.84. The van der Waals surface area contributed by atoms with Crippen molar-refractivity contribution in [2.75, 3.05) is 10.0 Å². The van der Waals surface area contributed by atoms with E-state index in [9.17, 15) is 9.59 Å². The molecule has 5 rings (SSSR count). The van der Waals surface area contributed by atoms with Gasteiger partial charge in [0.2, 0.25) is 0 Å². The Hall–Kier alpha value is -2.62. The molecule has 3 atom stereocenters. The molecule has 0 radical (unpaired) electrons. The summed E-state index contributed by atoms with van der Waals surface area (Å²) in [6, 6.07) is 22.7. The van der Waals surface area contributed by atoms with E-state index < -0.39 is 17.8 Å². The smallest absolute Gasteiger partial charge is 0.256 e. The van der Waals surface area contributed by atoms with Gasteiger partial charge in [-0.3, -0.25) is 9.59 Å². The highest BCUT2D eigenvalue weighted by atomic mass is 79.9. The van der Waals surface area contributed by atoms with Crippen molar-refractivity contribution in [2.24, 2.45) is 22.0 Å². The Morgan fingerprint density at radius 2 is 1.08 bits per heavy atom. The average molecular weight is 673 g/mol. The van der Waals surface area contributed by atoms with Gasteiger partial charge >= 0.3 is 0 Å². The van der Waals surface area contributed by atoms with Crippen molar-refractivity contribution in [3.05, 3.63) is 91.8 Å². The largest absolute Gasteiger partial charge is 0.272 e. The number of rotatable bonds is 5. The van der Waals surface area contributed by atoms with Gasteiger partial charge in [0.1, 0.15) is 0 Å². The number of hydrazone groups is 2. The molecule has 3 aromatic rings. The molecule has 2 aliphatic rings. The highest BCUT2D eigenvalue weighted by Crippen LogP contribution is 2.44. The molecule has 0 saturated carbocycles. The van der Waals surface area contributed by atoms with E-state index in [4.69, 9.17) is 0 Å². The highest BCUT2D eigenvalue weighted by molar-refractivity contribution is 9.11. The van der Waals surface area contributed by atoms with E-state index >= 15 is 0 Å². The van der Waals surface area contributed by atoms with E-state index in [0.29, 0.717) is 22.8 Å². The van der Waals surface area contributed by atoms with Crippen LogP contribution in [0.2, 0.25) is 0 Å². The average Bonchev–Trinajstić information content (AvgIpc) is 3.31. The molecule has 1 unspecified atom stereocenters. The van der Waals surface area contributed by atoms with Crippen LogP contribution in [0.4, 0.5) is 11.4 Å². The Kier molecular flexibility index (Phi) is 6.98. The van der Waals surface area contributed by atoms with E-state index in [1.807, 2.05) is 86.6 Å². The lowest BCUT2D eigenvalue weighted by Gasteiger charge is -2.29. The number of carbonyl (C=O) groups is 2. The van der Waals surface area contributed by atoms with Crippen molar-refractivity contribution in [3.8, 4) is 0 Å². The molecule has 0 spiro atoms. The third kappa shape index (κ3) is 4.37. The van der Waals surface area contributed by atoms with Gasteiger partial charge in [-0.25, -0.2) is 0 Å². The van der Waals surface area contributed by atoms with Gasteiger partial charge in [-0.2, -0.15) is 20.2 Å². The first kappa shape index (κ1) is 25.0. The van der Waals surface area contributed by atoms with Gasteiger partial charge in [-0.1, -0.05) is 52.3 Å². The van der Waals surface area contributed by atoms with Crippen LogP contribution in [0, 0.1) is 11.8 Å². The zero-order valence-electron chi connectivity index (χ0n) is 19.4. The Labute approximate surface area is 234 Å². The molecule has 0 N–H and O–H groups in total. The minimum Gasteiger partial charge on any atom is -0.272 e. The van der Waals surface area contributed by atoms with Crippen LogP contribution in [0.5, 0.6) is 0 Å². The molecule has 0 bridgehead atoms. The lowest BCUT2D eigenvalue weighted by atomic mass is 9.73. The first-order valence-electron chi connectivity index (χ1n) is 11.3. The van der Waals surface area contributed by atoms with Crippen LogP contribution < -0.4 is 10.0 Å². The minimum absolute atomic E-state index is 0.174. The summed E-state index contributed by atoms with van der Waals surface area (Å²) in [5.74, 6) is -2.09. The molecule has 2 aliphatic heterocycles. The molecule has 0 saturated heterocycles. The normalized spacial score (nSPS) is 20.6. The first-order valence-corrected chi connectivity index (χ1v) is 13.7. The van der Waals surface area contributed by atoms with Crippen molar-refractivity contribution in [2.45, 2.75) is 19.8 Å². The fourth-order valence-corrected chi connectivity index (χ4v) is 6.01. The second-order valence-electron chi connectivity index (χ2n) is 8.72. The topological polar surface area (TPSA) is 65.3 Å². The molecule has 2 amide bonds. The Morgan fingerprint density at radius 1 is 0.667 bits per heavy atom. The lowest BCUT2D eigenvalue weighted by Crippen LogP contribution is -2.40. The van der Waals surface area contributed by atoms with Crippen LogP contribution in [0.15, 0.2) is 96.4 Å². The molecule has 3 aromatic carbocycles. The van der Waals surface area contributed by atoms with Crippen LogP contribution >= 0.6 is 47.8 Å². The SMILES string of the molecule is CC1=NN(c2ccccc2Br)C(=O)[C@H]1C(c1ccc(Br)cc1)[C@H]1C(=O)N(c2ccccc2Br)N=C1C. The zero-order valence-corrected chi connectivity index (χ0v) is 24.2. The van der Waals surface area contributed by atoms with E-state index in [1.165, 1.54) is 10.0 Å². The molecule has 0 aromatic heterocycles. The van der Waals surface area contributed by atoms with Crippen LogP contribution in [0.3, 0.4) is 0 Å². The van der Waals surface area contributed by atoms with Crippen molar-refractivity contribution >= 4 is 82.4 Å². The van der Waals surface area contributed by atoms with E-state index in [1.54, 1.807) is 0 Å². The number of amides is 2. The maximum Gasteiger partial charge on any atom is 0.256 e. The van der Waals surface area contributed by atoms with Crippen molar-refractivity contribution < 1.29 is 9.59 Å². The van der Waals surface area contributed by atoms with Crippen LogP contribution in [0.1, 0.15) is 25.3 Å². The molecular weight excluding hydrogens is 652 g/mol. The van der Waals surface area contributed by atoms with Crippen molar-refractivity contribution in [1.82, 2.24) is 0 Å². The van der Waals surface area contributed by atoms with E-state index in [2.05, 4.69) is 58.0 Å². The summed E-state index contributed by atoms with van der Waals surface area (Å²) >= 11 is 10.6. The summed E-state index contributed by atoms with van der Waals surface area (Å²) in [4.78, 5) is 27.9. The highest BCUT2D eigenvalue weighted by Gasteiger charge is 2.50. The van der Waals surface area contributed by atoms with Gasteiger partial charge in [0.05, 0.1) is 23.2 Å². The molecule has 182 valence electrons. The van der Waals surface area contributed by atoms with Crippen LogP contribution in [-0.4, -0.2) is 23.2 Å². The van der Waals surface area contributed by atoms with E-state index in [-0.39, 0.29) is 11.8 Å². The molecular formula is C27H21Br3N4O2. The van der Waals surface area contributed by atoms with Crippen LogP contribution in [0.25, 0.3) is 0 Å². The monoisotopic (exact) mass is 670 g/mol. The molecule has 0 aliphatic carbocycles. The van der Waals surface area contributed by atoms with Gasteiger partial charge < -0.3 is 0 Å². The number of benzene rings is 3. The first-order chi connectivity index (χ1) is 17.3. The second-order valence-corrected chi connectivity index (χ2v) is 11.3. The number of halogens is 3. The standard InChI is InChI=1S/C27H21Br3N4O2/c1-15-23(26(35)33(31-15)21-9-5-3-7-19(21)29)25(17-11-13-18(28)14-12-17)24-16(2)32-34(27(24)36)22-10-6-4-8-20(22)30/h3-14,23-25H,1-2H3/t23-,24+,25?. The van der Waals surface area contributed by atoms with Crippen molar-refractivity contribution in [3.63, 3.8) is 0 Å². The predicted molar refractivity (Wildman–Crippen MR) is 153 cm³/mol. The van der Waals surface area contributed by atoms with Gasteiger partial charge in [0.25, 0.3) is 11.8 Å². The van der Waals surface area contributed by atoms with Gasteiger partial charge in [0, 0.05) is 30.8 Å². The van der Waals surface area contributed by atoms with E-state index in [0.717, 1.165) is 19.0 Å². The van der Waals surface area contributed by atoms with Gasteiger partial charge in [-0.05, 0) is 87.7 Å². The summed E-state index contributed by atoms with van der Waals surface area (Å²) in [7, 11) is 0. The van der Waals surface area contributed by atoms with Gasteiger partial charge in [0.15, 0.2) is 0 Å². The molecule has 36 heavy (non-hydrogen) atoms. The second kappa shape index (κ2) is 10.0. The van der Waals surface area contributed by atoms with Crippen LogP contribution in [-0.2, 0) is 9.59 Å². The number of carbonyl (C=O) groups excluding carboxylic acids is 2. The number of hydrogen-bond acceptors (Lipinski definition) is 4. The number of anilines is 2. The lowest BCUT2D eigenvalue weighted by molar-refractivity contribution is -0.122. The summed E-state index contributed by atoms with van der Waals surface area (Å²) in [5, 5.41) is 12.2. The third-order valence-electron chi connectivity index (χ3n) is 6.50. The molecule has 6 nitrogen and oxygen atoms in total. The third-order valence-corrected chi connectivity index (χ3v) is 8.37. The summed E-state index contributed by atoms with van der Waals surface area (Å²) in [6.45, 7) is 3.70. The molecule has 0 fully saturated rings. The maximum atomic E-state index is 13.9. The Balaban J connectivity index is 1.59. The molecule has 2 heterocycles. The number of para-hydroxylation sites is 2. The quantitative estimate of drug-likeness (QED) is 0.289. The Morgan fingerprint density at radius 3 is 1.50 bits per heavy atom. The number of hydrogen-bond donors (Lipinski definition) is 0. The fraction of sp³-hybridized carbons (Fsp3) is 0.185. The predicted octanol–water partition coefficient (Wildman–Crippen LogP) is 7.14. The summed E-state index contributed by atoms with van der Waals surface area (Å²) in [6.07, 6.45) is 0. The Bertz CT molecular complexity index is 1340. The zero-order chi connectivity index (χ0) is 25.6. The maximum absolute atomic E-state index is 13.9.